The number of carbonyl (C=O) groups excluding carboxylic acids is 1. The summed E-state index contributed by atoms with van der Waals surface area (Å²) in [7, 11) is 0. The SMILES string of the molecule is O=C(NCc1ccc(N2CCC(O)CC2)c(F)c1)[C@H]1C[C@H]1[N+](=O)[O-]. The molecule has 1 saturated carbocycles. The van der Waals surface area contributed by atoms with E-state index in [4.69, 9.17) is 0 Å². The van der Waals surface area contributed by atoms with Gasteiger partial charge in [0.25, 0.3) is 0 Å². The number of piperidine rings is 1. The van der Waals surface area contributed by atoms with Gasteiger partial charge < -0.3 is 15.3 Å². The summed E-state index contributed by atoms with van der Waals surface area (Å²) in [6.07, 6.45) is 1.20. The van der Waals surface area contributed by atoms with Gasteiger partial charge in [0.2, 0.25) is 11.9 Å². The summed E-state index contributed by atoms with van der Waals surface area (Å²) in [6, 6.07) is 4.00. The number of carbonyl (C=O) groups is 1. The van der Waals surface area contributed by atoms with Gasteiger partial charge in [0.15, 0.2) is 0 Å². The van der Waals surface area contributed by atoms with Crippen LogP contribution in [-0.2, 0) is 11.3 Å². The zero-order valence-corrected chi connectivity index (χ0v) is 13.2. The van der Waals surface area contributed by atoms with Crippen molar-refractivity contribution in [1.29, 1.82) is 0 Å². The number of benzene rings is 1. The molecule has 2 fully saturated rings. The maximum atomic E-state index is 14.3. The van der Waals surface area contributed by atoms with E-state index in [1.165, 1.54) is 6.07 Å². The molecule has 8 heteroatoms. The average Bonchev–Trinajstić information content (AvgIpc) is 3.35. The molecule has 0 radical (unpaired) electrons. The minimum absolute atomic E-state index is 0.148. The van der Waals surface area contributed by atoms with Crippen LogP contribution in [-0.4, -0.2) is 41.2 Å². The Labute approximate surface area is 138 Å². The largest absolute Gasteiger partial charge is 0.393 e. The zero-order valence-electron chi connectivity index (χ0n) is 13.2. The Hall–Kier alpha value is -2.22. The van der Waals surface area contributed by atoms with Crippen molar-refractivity contribution in [3.8, 4) is 0 Å². The summed E-state index contributed by atoms with van der Waals surface area (Å²) in [5.41, 5.74) is 1.10. The lowest BCUT2D eigenvalue weighted by Gasteiger charge is -2.31. The molecular formula is C16H20FN3O4. The van der Waals surface area contributed by atoms with Crippen molar-refractivity contribution < 1.29 is 19.2 Å². The van der Waals surface area contributed by atoms with Crippen molar-refractivity contribution in [3.63, 3.8) is 0 Å². The van der Waals surface area contributed by atoms with Gasteiger partial charge in [0.05, 0.1) is 11.8 Å². The first-order valence-electron chi connectivity index (χ1n) is 8.08. The fourth-order valence-electron chi connectivity index (χ4n) is 3.04. The molecule has 2 aliphatic rings. The minimum atomic E-state index is -0.779. The van der Waals surface area contributed by atoms with Crippen LogP contribution in [0.4, 0.5) is 10.1 Å². The van der Waals surface area contributed by atoms with Gasteiger partial charge in [0, 0.05) is 31.0 Å². The van der Waals surface area contributed by atoms with E-state index in [9.17, 15) is 24.4 Å². The molecule has 1 heterocycles. The van der Waals surface area contributed by atoms with Crippen molar-refractivity contribution in [2.45, 2.75) is 38.0 Å². The van der Waals surface area contributed by atoms with Crippen LogP contribution in [0.5, 0.6) is 0 Å². The summed E-state index contributed by atoms with van der Waals surface area (Å²) in [4.78, 5) is 23.8. The molecule has 1 aliphatic heterocycles. The first kappa shape index (κ1) is 16.6. The van der Waals surface area contributed by atoms with Crippen LogP contribution >= 0.6 is 0 Å². The highest BCUT2D eigenvalue weighted by Crippen LogP contribution is 2.33. The molecule has 2 atom stereocenters. The molecule has 7 nitrogen and oxygen atoms in total. The highest BCUT2D eigenvalue weighted by molar-refractivity contribution is 5.81. The van der Waals surface area contributed by atoms with Crippen molar-refractivity contribution >= 4 is 11.6 Å². The Morgan fingerprint density at radius 3 is 2.71 bits per heavy atom. The summed E-state index contributed by atoms with van der Waals surface area (Å²) in [5.74, 6) is -1.29. The molecule has 1 saturated heterocycles. The standard InChI is InChI=1S/C16H20FN3O4/c17-13-7-10(9-18-16(22)12-8-15(12)20(23)24)1-2-14(13)19-5-3-11(21)4-6-19/h1-2,7,11-12,15,21H,3-6,8-9H2,(H,18,22)/t12-,15+/m0/s1. The number of nitro groups is 1. The van der Waals surface area contributed by atoms with Crippen LogP contribution in [0.1, 0.15) is 24.8 Å². The number of aliphatic hydroxyl groups excluding tert-OH is 1. The van der Waals surface area contributed by atoms with Gasteiger partial charge in [-0.1, -0.05) is 6.07 Å². The fourth-order valence-corrected chi connectivity index (χ4v) is 3.04. The molecule has 1 aliphatic carbocycles. The van der Waals surface area contributed by atoms with Gasteiger partial charge in [0.1, 0.15) is 11.7 Å². The number of amides is 1. The number of anilines is 1. The Morgan fingerprint density at radius 2 is 2.12 bits per heavy atom. The Morgan fingerprint density at radius 1 is 1.42 bits per heavy atom. The Bertz CT molecular complexity index is 646. The number of hydrogen-bond acceptors (Lipinski definition) is 5. The van der Waals surface area contributed by atoms with E-state index in [0.717, 1.165) is 0 Å². The molecule has 1 aromatic carbocycles. The molecule has 2 N–H and O–H groups in total. The predicted octanol–water partition coefficient (Wildman–Crippen LogP) is 1.07. The van der Waals surface area contributed by atoms with Crippen LogP contribution in [0, 0.1) is 21.8 Å². The maximum Gasteiger partial charge on any atom is 0.230 e. The lowest BCUT2D eigenvalue weighted by atomic mass is 10.1. The van der Waals surface area contributed by atoms with Crippen molar-refractivity contribution in [2.24, 2.45) is 5.92 Å². The zero-order chi connectivity index (χ0) is 17.3. The average molecular weight is 337 g/mol. The van der Waals surface area contributed by atoms with E-state index < -0.39 is 16.9 Å². The molecular weight excluding hydrogens is 317 g/mol. The van der Waals surface area contributed by atoms with Crippen LogP contribution in [0.3, 0.4) is 0 Å². The van der Waals surface area contributed by atoms with Gasteiger partial charge in [-0.15, -0.1) is 0 Å². The van der Waals surface area contributed by atoms with Crippen LogP contribution in [0.15, 0.2) is 18.2 Å². The summed E-state index contributed by atoms with van der Waals surface area (Å²) >= 11 is 0. The van der Waals surface area contributed by atoms with E-state index in [2.05, 4.69) is 5.32 Å². The van der Waals surface area contributed by atoms with Crippen molar-refractivity contribution in [3.05, 3.63) is 39.7 Å². The number of nitrogens with one attached hydrogen (secondary N) is 1. The van der Waals surface area contributed by atoms with Crippen molar-refractivity contribution in [2.75, 3.05) is 18.0 Å². The molecule has 0 aromatic heterocycles. The van der Waals surface area contributed by atoms with Crippen LogP contribution in [0.25, 0.3) is 0 Å². The summed E-state index contributed by atoms with van der Waals surface area (Å²) < 4.78 is 14.3. The number of hydrogen-bond donors (Lipinski definition) is 2. The number of aliphatic hydroxyl groups is 1. The maximum absolute atomic E-state index is 14.3. The van der Waals surface area contributed by atoms with E-state index in [0.29, 0.717) is 37.2 Å². The van der Waals surface area contributed by atoms with E-state index in [1.807, 2.05) is 4.90 Å². The molecule has 3 rings (SSSR count). The van der Waals surface area contributed by atoms with E-state index in [1.54, 1.807) is 12.1 Å². The third-order valence-corrected chi connectivity index (χ3v) is 4.65. The van der Waals surface area contributed by atoms with Crippen LogP contribution in [0.2, 0.25) is 0 Å². The Balaban J connectivity index is 1.55. The van der Waals surface area contributed by atoms with Gasteiger partial charge in [-0.2, -0.15) is 0 Å². The lowest BCUT2D eigenvalue weighted by molar-refractivity contribution is -0.497. The van der Waals surface area contributed by atoms with Gasteiger partial charge in [-0.3, -0.25) is 14.9 Å². The summed E-state index contributed by atoms with van der Waals surface area (Å²) in [6.45, 7) is 1.37. The topological polar surface area (TPSA) is 95.7 Å². The Kier molecular flexibility index (Phi) is 4.66. The second kappa shape index (κ2) is 6.72. The second-order valence-electron chi connectivity index (χ2n) is 6.42. The summed E-state index contributed by atoms with van der Waals surface area (Å²) in [5, 5.41) is 22.7. The second-order valence-corrected chi connectivity index (χ2v) is 6.42. The minimum Gasteiger partial charge on any atom is -0.393 e. The van der Waals surface area contributed by atoms with E-state index >= 15 is 0 Å². The molecule has 0 spiro atoms. The molecule has 1 amide bonds. The van der Waals surface area contributed by atoms with Crippen LogP contribution < -0.4 is 10.2 Å². The lowest BCUT2D eigenvalue weighted by Crippen LogP contribution is -2.36. The highest BCUT2D eigenvalue weighted by Gasteiger charge is 2.53. The van der Waals surface area contributed by atoms with Gasteiger partial charge >= 0.3 is 0 Å². The smallest absolute Gasteiger partial charge is 0.230 e. The number of halogens is 1. The third-order valence-electron chi connectivity index (χ3n) is 4.65. The monoisotopic (exact) mass is 337 g/mol. The third kappa shape index (κ3) is 3.64. The van der Waals surface area contributed by atoms with Gasteiger partial charge in [-0.05, 0) is 30.5 Å². The first-order chi connectivity index (χ1) is 11.5. The fraction of sp³-hybridized carbons (Fsp3) is 0.562. The molecule has 24 heavy (non-hydrogen) atoms. The quantitative estimate of drug-likeness (QED) is 0.619. The van der Waals surface area contributed by atoms with Crippen molar-refractivity contribution in [1.82, 2.24) is 5.32 Å². The predicted molar refractivity (Wildman–Crippen MR) is 84.6 cm³/mol. The number of nitrogens with zero attached hydrogens (tertiary/aromatic N) is 2. The molecule has 130 valence electrons. The molecule has 0 unspecified atom stereocenters. The first-order valence-corrected chi connectivity index (χ1v) is 8.08. The van der Waals surface area contributed by atoms with E-state index in [-0.39, 0.29) is 30.8 Å². The highest BCUT2D eigenvalue weighted by atomic mass is 19.1. The molecule has 0 bridgehead atoms. The van der Waals surface area contributed by atoms with Gasteiger partial charge in [-0.25, -0.2) is 4.39 Å². The number of rotatable bonds is 5. The normalized spacial score (nSPS) is 23.8. The molecule has 1 aromatic rings.